The van der Waals surface area contributed by atoms with Crippen LogP contribution in [0.3, 0.4) is 0 Å². The summed E-state index contributed by atoms with van der Waals surface area (Å²) in [6, 6.07) is 2.88. The van der Waals surface area contributed by atoms with Gasteiger partial charge in [0.1, 0.15) is 17.8 Å². The number of benzene rings is 1. The lowest BCUT2D eigenvalue weighted by atomic mass is 9.89. The minimum atomic E-state index is -1.19. The molecule has 172 valence electrons. The number of hydrogen-bond donors (Lipinski definition) is 1. The molecule has 1 aromatic rings. The zero-order valence-corrected chi connectivity index (χ0v) is 18.5. The molecule has 11 heteroatoms. The molecule has 0 radical (unpaired) electrons. The van der Waals surface area contributed by atoms with Gasteiger partial charge in [-0.25, -0.2) is 9.18 Å². The van der Waals surface area contributed by atoms with E-state index in [-0.39, 0.29) is 23.1 Å². The molecular formula is C21H24FN3O6S. The number of Topliss-reactive ketones (excluding diaryl/α,β-unsaturated/α-hetero) is 1. The second-order valence-electron chi connectivity index (χ2n) is 8.55. The molecule has 4 aliphatic heterocycles. The molecule has 1 N–H and O–H groups in total. The van der Waals surface area contributed by atoms with Gasteiger partial charge in [-0.3, -0.25) is 14.5 Å². The number of piperazine rings is 1. The Balaban J connectivity index is 1.33. The molecule has 32 heavy (non-hydrogen) atoms. The van der Waals surface area contributed by atoms with Crippen LogP contribution in [0.1, 0.15) is 24.2 Å². The number of ketones is 1. The summed E-state index contributed by atoms with van der Waals surface area (Å²) >= 11 is 1.44. The van der Waals surface area contributed by atoms with Crippen molar-refractivity contribution in [3.05, 3.63) is 23.5 Å². The SMILES string of the molecule is CC1OC(=O)OC1CN1CCN(c2cc3c(cc2F)C(=O)C(C(=O)O)C2SC(C)N32)CC1. The van der Waals surface area contributed by atoms with Crippen LogP contribution in [-0.4, -0.2) is 83.6 Å². The summed E-state index contributed by atoms with van der Waals surface area (Å²) in [6.07, 6.45) is -1.26. The molecule has 9 nitrogen and oxygen atoms in total. The maximum absolute atomic E-state index is 15.1. The maximum atomic E-state index is 15.1. The Morgan fingerprint density at radius 1 is 1.16 bits per heavy atom. The van der Waals surface area contributed by atoms with Crippen LogP contribution in [0.2, 0.25) is 0 Å². The van der Waals surface area contributed by atoms with Gasteiger partial charge in [0.05, 0.1) is 22.1 Å². The van der Waals surface area contributed by atoms with E-state index >= 15 is 4.39 Å². The topological polar surface area (TPSA) is 99.6 Å². The minimum absolute atomic E-state index is 0.0159. The molecular weight excluding hydrogens is 441 g/mol. The first-order valence-electron chi connectivity index (χ1n) is 10.6. The monoisotopic (exact) mass is 465 g/mol. The van der Waals surface area contributed by atoms with Gasteiger partial charge in [0, 0.05) is 38.3 Å². The van der Waals surface area contributed by atoms with Crippen molar-refractivity contribution in [1.82, 2.24) is 4.90 Å². The van der Waals surface area contributed by atoms with Crippen LogP contribution in [0, 0.1) is 11.7 Å². The van der Waals surface area contributed by atoms with E-state index in [0.717, 1.165) is 0 Å². The van der Waals surface area contributed by atoms with Crippen LogP contribution >= 0.6 is 11.8 Å². The highest BCUT2D eigenvalue weighted by atomic mass is 32.2. The van der Waals surface area contributed by atoms with E-state index in [9.17, 15) is 19.5 Å². The Hall–Kier alpha value is -2.53. The summed E-state index contributed by atoms with van der Waals surface area (Å²) in [5.74, 6) is -3.43. The van der Waals surface area contributed by atoms with Gasteiger partial charge >= 0.3 is 12.1 Å². The van der Waals surface area contributed by atoms with Gasteiger partial charge in [-0.05, 0) is 26.0 Å². The van der Waals surface area contributed by atoms with Crippen LogP contribution in [0.4, 0.5) is 20.6 Å². The summed E-state index contributed by atoms with van der Waals surface area (Å²) in [4.78, 5) is 41.7. The van der Waals surface area contributed by atoms with Gasteiger partial charge in [0.2, 0.25) is 0 Å². The molecule has 0 aliphatic carbocycles. The Morgan fingerprint density at radius 3 is 2.47 bits per heavy atom. The molecule has 0 aromatic heterocycles. The van der Waals surface area contributed by atoms with E-state index in [2.05, 4.69) is 4.90 Å². The van der Waals surface area contributed by atoms with Gasteiger partial charge in [-0.15, -0.1) is 11.8 Å². The molecule has 0 amide bonds. The predicted octanol–water partition coefficient (Wildman–Crippen LogP) is 1.99. The summed E-state index contributed by atoms with van der Waals surface area (Å²) in [5.41, 5.74) is 1.15. The van der Waals surface area contributed by atoms with E-state index < -0.39 is 35.0 Å². The standard InChI is InChI=1S/C21H24FN3O6S/c1-10-16(31-21(29)30-10)9-23-3-5-24(6-4-23)15-8-14-12(7-13(15)22)18(26)17(20(27)28)19-25(14)11(2)32-19/h7-8,10-11,16-17,19H,3-6,9H2,1-2H3,(H,27,28). The number of halogens is 1. The number of carboxylic acids is 1. The normalized spacial score (nSPS) is 32.0. The highest BCUT2D eigenvalue weighted by molar-refractivity contribution is 8.02. The number of anilines is 2. The quantitative estimate of drug-likeness (QED) is 0.525. The van der Waals surface area contributed by atoms with Gasteiger partial charge in [0.15, 0.2) is 11.9 Å². The molecule has 3 fully saturated rings. The van der Waals surface area contributed by atoms with Crippen LogP contribution < -0.4 is 9.80 Å². The number of thioether (sulfide) groups is 1. The second kappa shape index (κ2) is 7.80. The number of nitrogens with zero attached hydrogens (tertiary/aromatic N) is 3. The number of rotatable bonds is 4. The average molecular weight is 466 g/mol. The minimum Gasteiger partial charge on any atom is -0.481 e. The number of carbonyl (C=O) groups excluding carboxylic acids is 2. The van der Waals surface area contributed by atoms with Gasteiger partial charge in [-0.2, -0.15) is 0 Å². The summed E-state index contributed by atoms with van der Waals surface area (Å²) in [7, 11) is 0. The molecule has 5 atom stereocenters. The van der Waals surface area contributed by atoms with E-state index in [1.807, 2.05) is 16.7 Å². The van der Waals surface area contributed by atoms with Gasteiger partial charge < -0.3 is 24.4 Å². The third-order valence-corrected chi connectivity index (χ3v) is 8.05. The molecule has 1 aromatic carbocycles. The zero-order chi connectivity index (χ0) is 22.7. The first-order valence-corrected chi connectivity index (χ1v) is 11.6. The molecule has 0 bridgehead atoms. The lowest BCUT2D eigenvalue weighted by Gasteiger charge is -2.53. The maximum Gasteiger partial charge on any atom is 0.509 e. The van der Waals surface area contributed by atoms with Crippen molar-refractivity contribution in [3.63, 3.8) is 0 Å². The Morgan fingerprint density at radius 2 is 1.88 bits per heavy atom. The lowest BCUT2D eigenvalue weighted by Crippen LogP contribution is -2.60. The Bertz CT molecular complexity index is 985. The number of ether oxygens (including phenoxy) is 2. The molecule has 0 spiro atoms. The molecule has 3 saturated heterocycles. The highest BCUT2D eigenvalue weighted by Crippen LogP contribution is 2.51. The first-order chi connectivity index (χ1) is 15.2. The number of hydrogen-bond acceptors (Lipinski definition) is 9. The van der Waals surface area contributed by atoms with Crippen molar-refractivity contribution >= 4 is 41.0 Å². The van der Waals surface area contributed by atoms with Crippen molar-refractivity contribution in [2.24, 2.45) is 5.92 Å². The smallest absolute Gasteiger partial charge is 0.481 e. The van der Waals surface area contributed by atoms with Crippen LogP contribution in [0.5, 0.6) is 0 Å². The lowest BCUT2D eigenvalue weighted by molar-refractivity contribution is -0.140. The Kier molecular flexibility index (Phi) is 5.20. The summed E-state index contributed by atoms with van der Waals surface area (Å²) in [6.45, 7) is 6.78. The fourth-order valence-electron chi connectivity index (χ4n) is 4.87. The number of fused-ring (bicyclic) bond motifs is 3. The van der Waals surface area contributed by atoms with Crippen molar-refractivity contribution in [2.45, 2.75) is 36.8 Å². The average Bonchev–Trinajstić information content (AvgIpc) is 3.05. The van der Waals surface area contributed by atoms with Crippen LogP contribution in [0.25, 0.3) is 0 Å². The second-order valence-corrected chi connectivity index (χ2v) is 9.99. The molecule has 4 heterocycles. The van der Waals surface area contributed by atoms with Gasteiger partial charge in [-0.1, -0.05) is 0 Å². The Labute approximate surface area is 188 Å². The summed E-state index contributed by atoms with van der Waals surface area (Å²) in [5, 5.41) is 9.08. The van der Waals surface area contributed by atoms with Gasteiger partial charge in [0.25, 0.3) is 0 Å². The largest absolute Gasteiger partial charge is 0.509 e. The van der Waals surface area contributed by atoms with Crippen LogP contribution in [-0.2, 0) is 14.3 Å². The first kappa shape index (κ1) is 21.3. The van der Waals surface area contributed by atoms with Crippen molar-refractivity contribution in [2.75, 3.05) is 42.5 Å². The van der Waals surface area contributed by atoms with E-state index in [0.29, 0.717) is 44.1 Å². The zero-order valence-electron chi connectivity index (χ0n) is 17.7. The van der Waals surface area contributed by atoms with E-state index in [1.165, 1.54) is 17.8 Å². The third kappa shape index (κ3) is 3.38. The molecule has 5 rings (SSSR count). The highest BCUT2D eigenvalue weighted by Gasteiger charge is 2.53. The fourth-order valence-corrected chi connectivity index (χ4v) is 6.28. The number of carboxylic acid groups (broad SMARTS) is 1. The van der Waals surface area contributed by atoms with E-state index in [1.54, 1.807) is 13.0 Å². The van der Waals surface area contributed by atoms with Crippen molar-refractivity contribution < 1.29 is 33.4 Å². The fraction of sp³-hybridized carbons (Fsp3) is 0.571. The van der Waals surface area contributed by atoms with E-state index in [4.69, 9.17) is 9.47 Å². The number of cyclic esters (lactones) is 2. The number of carbonyl (C=O) groups is 3. The van der Waals surface area contributed by atoms with Crippen LogP contribution in [0.15, 0.2) is 12.1 Å². The third-order valence-electron chi connectivity index (χ3n) is 6.65. The number of aliphatic carboxylic acids is 1. The predicted molar refractivity (Wildman–Crippen MR) is 115 cm³/mol. The van der Waals surface area contributed by atoms with Crippen molar-refractivity contribution in [3.8, 4) is 0 Å². The van der Waals surface area contributed by atoms with Crippen molar-refractivity contribution in [1.29, 1.82) is 0 Å². The molecule has 5 unspecified atom stereocenters. The molecule has 0 saturated carbocycles. The molecule has 4 aliphatic rings. The summed E-state index contributed by atoms with van der Waals surface area (Å²) < 4.78 is 25.3.